The smallest absolute Gasteiger partial charge is 0.311 e. The molecule has 0 aromatic carbocycles. The Labute approximate surface area is 107 Å². The minimum Gasteiger partial charge on any atom is -0.481 e. The molecule has 1 aromatic rings. The Morgan fingerprint density at radius 1 is 1.47 bits per heavy atom. The maximum absolute atomic E-state index is 10.9. The first-order valence-corrected chi connectivity index (χ1v) is 5.59. The second kappa shape index (κ2) is 5.03. The van der Waals surface area contributed by atoms with E-state index in [4.69, 9.17) is 33.0 Å². The summed E-state index contributed by atoms with van der Waals surface area (Å²) in [6, 6.07) is 1.14. The summed E-state index contributed by atoms with van der Waals surface area (Å²) >= 11 is 11.5. The molecule has 8 heteroatoms. The molecule has 1 saturated heterocycles. The molecule has 1 fully saturated rings. The number of nitrogens with one attached hydrogen (secondary N) is 1. The first-order valence-electron chi connectivity index (χ1n) is 4.83. The molecule has 2 N–H and O–H groups in total. The number of hydrogen-bond donors (Lipinski definition) is 2. The van der Waals surface area contributed by atoms with Gasteiger partial charge in [0, 0.05) is 6.07 Å². The molecule has 17 heavy (non-hydrogen) atoms. The van der Waals surface area contributed by atoms with Crippen LogP contribution in [0.5, 0.6) is 0 Å². The highest BCUT2D eigenvalue weighted by atomic mass is 35.5. The van der Waals surface area contributed by atoms with Gasteiger partial charge in [0.15, 0.2) is 10.3 Å². The van der Waals surface area contributed by atoms with Gasteiger partial charge in [0.1, 0.15) is 5.92 Å². The van der Waals surface area contributed by atoms with Gasteiger partial charge in [0.25, 0.3) is 0 Å². The summed E-state index contributed by atoms with van der Waals surface area (Å²) in [6.45, 7) is 0.476. The number of carboxylic acids is 1. The van der Waals surface area contributed by atoms with Crippen molar-refractivity contribution in [3.8, 4) is 0 Å². The van der Waals surface area contributed by atoms with Crippen molar-refractivity contribution in [2.75, 3.05) is 18.5 Å². The van der Waals surface area contributed by atoms with Crippen molar-refractivity contribution >= 4 is 34.9 Å². The average molecular weight is 278 g/mol. The van der Waals surface area contributed by atoms with Gasteiger partial charge in [0.05, 0.1) is 24.9 Å². The molecular formula is C9H9Cl2N3O3. The fourth-order valence-electron chi connectivity index (χ4n) is 1.59. The third kappa shape index (κ3) is 2.77. The lowest BCUT2D eigenvalue weighted by atomic mass is 10.0. The lowest BCUT2D eigenvalue weighted by Crippen LogP contribution is -2.33. The van der Waals surface area contributed by atoms with Crippen LogP contribution in [0.15, 0.2) is 6.07 Å². The van der Waals surface area contributed by atoms with Crippen molar-refractivity contribution in [3.63, 3.8) is 0 Å². The highest BCUT2D eigenvalue weighted by molar-refractivity contribution is 6.33. The normalized spacial score (nSPS) is 23.6. The van der Waals surface area contributed by atoms with Gasteiger partial charge in [-0.25, -0.2) is 0 Å². The molecule has 0 amide bonds. The van der Waals surface area contributed by atoms with Crippen LogP contribution in [0.1, 0.15) is 0 Å². The van der Waals surface area contributed by atoms with E-state index in [0.717, 1.165) is 0 Å². The molecule has 92 valence electrons. The topological polar surface area (TPSA) is 84.3 Å². The van der Waals surface area contributed by atoms with Crippen LogP contribution in [0.2, 0.25) is 10.3 Å². The monoisotopic (exact) mass is 277 g/mol. The van der Waals surface area contributed by atoms with Crippen molar-refractivity contribution in [1.29, 1.82) is 0 Å². The second-order valence-electron chi connectivity index (χ2n) is 3.60. The number of ether oxygens (including phenoxy) is 1. The Balaban J connectivity index is 2.15. The Morgan fingerprint density at radius 2 is 2.24 bits per heavy atom. The van der Waals surface area contributed by atoms with Gasteiger partial charge in [-0.15, -0.1) is 10.2 Å². The average Bonchev–Trinajstić information content (AvgIpc) is 2.71. The molecule has 0 bridgehead atoms. The molecule has 2 atom stereocenters. The van der Waals surface area contributed by atoms with E-state index in [9.17, 15) is 4.79 Å². The van der Waals surface area contributed by atoms with E-state index in [1.54, 1.807) is 0 Å². The summed E-state index contributed by atoms with van der Waals surface area (Å²) < 4.78 is 5.12. The largest absolute Gasteiger partial charge is 0.481 e. The van der Waals surface area contributed by atoms with E-state index in [-0.39, 0.29) is 23.0 Å². The lowest BCUT2D eigenvalue weighted by Gasteiger charge is -2.17. The summed E-state index contributed by atoms with van der Waals surface area (Å²) in [6.07, 6.45) is 0. The zero-order valence-corrected chi connectivity index (χ0v) is 10.1. The van der Waals surface area contributed by atoms with E-state index in [0.29, 0.717) is 12.3 Å². The molecular weight excluding hydrogens is 269 g/mol. The number of carbonyl (C=O) groups is 1. The maximum atomic E-state index is 10.9. The zero-order chi connectivity index (χ0) is 12.4. The van der Waals surface area contributed by atoms with Gasteiger partial charge in [0.2, 0.25) is 0 Å². The number of nitrogens with zero attached hydrogens (tertiary/aromatic N) is 2. The van der Waals surface area contributed by atoms with E-state index in [2.05, 4.69) is 15.5 Å². The van der Waals surface area contributed by atoms with E-state index in [1.807, 2.05) is 0 Å². The minimum atomic E-state index is -0.913. The molecule has 2 rings (SSSR count). The SMILES string of the molecule is O=C(O)C1COCC1Nc1cc(Cl)nnc1Cl. The Kier molecular flexibility index (Phi) is 3.66. The first kappa shape index (κ1) is 12.3. The first-order chi connectivity index (χ1) is 8.08. The Hall–Kier alpha value is -1.11. The third-order valence-electron chi connectivity index (χ3n) is 2.46. The van der Waals surface area contributed by atoms with Crippen LogP contribution in [-0.2, 0) is 9.53 Å². The van der Waals surface area contributed by atoms with Crippen LogP contribution < -0.4 is 5.32 Å². The van der Waals surface area contributed by atoms with Gasteiger partial charge >= 0.3 is 5.97 Å². The van der Waals surface area contributed by atoms with Crippen LogP contribution in [0, 0.1) is 5.92 Å². The fraction of sp³-hybridized carbons (Fsp3) is 0.444. The summed E-state index contributed by atoms with van der Waals surface area (Å²) in [5, 5.41) is 19.4. The number of anilines is 1. The van der Waals surface area contributed by atoms with Crippen LogP contribution in [0.25, 0.3) is 0 Å². The second-order valence-corrected chi connectivity index (χ2v) is 4.35. The summed E-state index contributed by atoms with van der Waals surface area (Å²) in [5.74, 6) is -1.53. The number of halogens is 2. The van der Waals surface area contributed by atoms with Crippen molar-refractivity contribution in [3.05, 3.63) is 16.4 Å². The summed E-state index contributed by atoms with van der Waals surface area (Å²) in [5.41, 5.74) is 0.452. The van der Waals surface area contributed by atoms with Gasteiger partial charge in [-0.1, -0.05) is 23.2 Å². The van der Waals surface area contributed by atoms with Gasteiger partial charge in [-0.3, -0.25) is 4.79 Å². The summed E-state index contributed by atoms with van der Waals surface area (Å²) in [4.78, 5) is 10.9. The quantitative estimate of drug-likeness (QED) is 0.866. The van der Waals surface area contributed by atoms with Gasteiger partial charge in [-0.05, 0) is 0 Å². The molecule has 0 aliphatic carbocycles. The van der Waals surface area contributed by atoms with Crippen LogP contribution in [0.3, 0.4) is 0 Å². The molecule has 1 aromatic heterocycles. The highest BCUT2D eigenvalue weighted by Gasteiger charge is 2.34. The molecule has 2 unspecified atom stereocenters. The number of rotatable bonds is 3. The van der Waals surface area contributed by atoms with E-state index in [1.165, 1.54) is 6.07 Å². The molecule has 0 radical (unpaired) electrons. The van der Waals surface area contributed by atoms with Gasteiger partial charge < -0.3 is 15.2 Å². The number of aromatic nitrogens is 2. The van der Waals surface area contributed by atoms with Crippen molar-refractivity contribution in [1.82, 2.24) is 10.2 Å². The van der Waals surface area contributed by atoms with Crippen LogP contribution >= 0.6 is 23.2 Å². The van der Waals surface area contributed by atoms with Gasteiger partial charge in [-0.2, -0.15) is 0 Å². The maximum Gasteiger partial charge on any atom is 0.311 e. The molecule has 1 aliphatic rings. The van der Waals surface area contributed by atoms with Crippen molar-refractivity contribution in [2.45, 2.75) is 6.04 Å². The number of hydrogen-bond acceptors (Lipinski definition) is 5. The predicted octanol–water partition coefficient (Wildman–Crippen LogP) is 1.29. The molecule has 0 saturated carbocycles. The Bertz CT molecular complexity index is 443. The standard InChI is InChI=1S/C9H9Cl2N3O3/c10-7-1-5(8(11)14-13-7)12-6-3-17-2-4(6)9(15)16/h1,4,6H,2-3H2,(H,12,13)(H,15,16). The zero-order valence-electron chi connectivity index (χ0n) is 8.56. The third-order valence-corrected chi connectivity index (χ3v) is 2.92. The molecule has 1 aliphatic heterocycles. The fourth-order valence-corrected chi connectivity index (χ4v) is 1.89. The van der Waals surface area contributed by atoms with Crippen LogP contribution in [0.4, 0.5) is 5.69 Å². The minimum absolute atomic E-state index is 0.144. The van der Waals surface area contributed by atoms with Crippen LogP contribution in [-0.4, -0.2) is 40.5 Å². The molecule has 2 heterocycles. The Morgan fingerprint density at radius 3 is 2.94 bits per heavy atom. The van der Waals surface area contributed by atoms with E-state index < -0.39 is 11.9 Å². The van der Waals surface area contributed by atoms with Crippen molar-refractivity contribution in [2.24, 2.45) is 5.92 Å². The van der Waals surface area contributed by atoms with E-state index >= 15 is 0 Å². The lowest BCUT2D eigenvalue weighted by molar-refractivity contribution is -0.141. The van der Waals surface area contributed by atoms with Crippen molar-refractivity contribution < 1.29 is 14.6 Å². The molecule has 0 spiro atoms. The highest BCUT2D eigenvalue weighted by Crippen LogP contribution is 2.25. The number of aliphatic carboxylic acids is 1. The molecule has 6 nitrogen and oxygen atoms in total. The predicted molar refractivity (Wildman–Crippen MR) is 61.4 cm³/mol. The number of carboxylic acid groups (broad SMARTS) is 1. The summed E-state index contributed by atoms with van der Waals surface area (Å²) in [7, 11) is 0.